The summed E-state index contributed by atoms with van der Waals surface area (Å²) in [5.74, 6) is -0.0319. The Morgan fingerprint density at radius 3 is 2.71 bits per heavy atom. The van der Waals surface area contributed by atoms with Crippen molar-refractivity contribution in [2.45, 2.75) is 0 Å². The fourth-order valence-electron chi connectivity index (χ4n) is 1.47. The van der Waals surface area contributed by atoms with Gasteiger partial charge in [0.15, 0.2) is 5.75 Å². The molecule has 0 bridgehead atoms. The molecule has 2 aromatic rings. The van der Waals surface area contributed by atoms with Crippen LogP contribution in [-0.2, 0) is 0 Å². The van der Waals surface area contributed by atoms with Gasteiger partial charge in [0.25, 0.3) is 0 Å². The second-order valence-electron chi connectivity index (χ2n) is 2.99. The van der Waals surface area contributed by atoms with Gasteiger partial charge in [0.2, 0.25) is 0 Å². The number of anilines is 1. The Kier molecular flexibility index (Phi) is 1.81. The fourth-order valence-corrected chi connectivity index (χ4v) is 1.47. The summed E-state index contributed by atoms with van der Waals surface area (Å²) in [6, 6.07) is 8.73. The summed E-state index contributed by atoms with van der Waals surface area (Å²) < 4.78 is 0. The molecule has 0 saturated carbocycles. The molecule has 2 rings (SSSR count). The number of nitrogens with zero attached hydrogens (tertiary/aromatic N) is 1. The maximum absolute atomic E-state index is 9.74. The Balaban J connectivity index is 2.93. The van der Waals surface area contributed by atoms with E-state index >= 15 is 0 Å². The number of hydrogen-bond acceptors (Lipinski definition) is 4. The average Bonchev–Trinajstić information content (AvgIpc) is 2.18. The molecule has 4 heteroatoms. The van der Waals surface area contributed by atoms with Gasteiger partial charge in [0.1, 0.15) is 5.69 Å². The van der Waals surface area contributed by atoms with Crippen LogP contribution in [0.1, 0.15) is 0 Å². The lowest BCUT2D eigenvalue weighted by atomic mass is 10.1. The summed E-state index contributed by atoms with van der Waals surface area (Å²) in [5, 5.41) is 14.3. The Bertz CT molecular complexity index is 508. The molecular weight excluding hydrogens is 178 g/mol. The number of benzene rings is 2. The van der Waals surface area contributed by atoms with E-state index in [1.165, 1.54) is 0 Å². The highest BCUT2D eigenvalue weighted by molar-refractivity contribution is 6.00. The monoisotopic (exact) mass is 187 g/mol. The van der Waals surface area contributed by atoms with Gasteiger partial charge < -0.3 is 10.8 Å². The highest BCUT2D eigenvalue weighted by atomic mass is 16.3. The molecule has 0 saturated heterocycles. The summed E-state index contributed by atoms with van der Waals surface area (Å²) in [5.41, 5.74) is 13.3. The molecule has 0 spiro atoms. The van der Waals surface area contributed by atoms with Crippen molar-refractivity contribution in [3.8, 4) is 5.75 Å². The van der Waals surface area contributed by atoms with Gasteiger partial charge >= 0.3 is 0 Å². The molecule has 14 heavy (non-hydrogen) atoms. The lowest BCUT2D eigenvalue weighted by Gasteiger charge is -2.05. The third-order valence-corrected chi connectivity index (χ3v) is 2.15. The third-order valence-electron chi connectivity index (χ3n) is 2.15. The van der Waals surface area contributed by atoms with Gasteiger partial charge in [-0.2, -0.15) is 5.11 Å². The minimum absolute atomic E-state index is 0.0319. The Labute approximate surface area is 80.5 Å². The van der Waals surface area contributed by atoms with Crippen LogP contribution < -0.4 is 5.73 Å². The van der Waals surface area contributed by atoms with Crippen LogP contribution in [0.3, 0.4) is 0 Å². The van der Waals surface area contributed by atoms with Crippen LogP contribution in [0, 0.1) is 5.53 Å². The molecule has 0 aliphatic rings. The van der Waals surface area contributed by atoms with Gasteiger partial charge in [0.05, 0.1) is 0 Å². The Hall–Kier alpha value is -2.10. The molecule has 4 nitrogen and oxygen atoms in total. The molecular formula is C10H9N3O. The molecule has 0 fully saturated rings. The number of rotatable bonds is 1. The van der Waals surface area contributed by atoms with Gasteiger partial charge in [-0.05, 0) is 17.5 Å². The fraction of sp³-hybridized carbons (Fsp3) is 0. The van der Waals surface area contributed by atoms with E-state index in [1.54, 1.807) is 18.2 Å². The zero-order valence-electron chi connectivity index (χ0n) is 7.36. The van der Waals surface area contributed by atoms with Crippen molar-refractivity contribution in [2.75, 3.05) is 5.73 Å². The number of phenolic OH excluding ortho intramolecular Hbond substituents is 1. The number of hydrogen-bond donors (Lipinski definition) is 3. The molecule has 0 aliphatic carbocycles. The normalized spacial score (nSPS) is 10.3. The second-order valence-corrected chi connectivity index (χ2v) is 2.99. The first kappa shape index (κ1) is 8.50. The predicted octanol–water partition coefficient (Wildman–Crippen LogP) is 2.79. The number of aromatic hydroxyl groups is 1. The summed E-state index contributed by atoms with van der Waals surface area (Å²) in [6.07, 6.45) is 0. The van der Waals surface area contributed by atoms with Gasteiger partial charge in [-0.25, -0.2) is 5.53 Å². The number of fused-ring (bicyclic) bond motifs is 1. The Morgan fingerprint density at radius 1 is 1.21 bits per heavy atom. The minimum Gasteiger partial charge on any atom is -0.505 e. The van der Waals surface area contributed by atoms with Crippen LogP contribution in [0.2, 0.25) is 0 Å². The highest BCUT2D eigenvalue weighted by Crippen LogP contribution is 2.37. The number of nitrogens with one attached hydrogen (secondary N) is 1. The number of phenols is 1. The maximum Gasteiger partial charge on any atom is 0.152 e. The molecule has 70 valence electrons. The number of nitrogens with two attached hydrogens (primary N) is 1. The zero-order valence-corrected chi connectivity index (χ0v) is 7.36. The van der Waals surface area contributed by atoms with Gasteiger partial charge in [-0.3, -0.25) is 0 Å². The first-order chi connectivity index (χ1) is 6.74. The smallest absolute Gasteiger partial charge is 0.152 e. The zero-order chi connectivity index (χ0) is 10.1. The lowest BCUT2D eigenvalue weighted by molar-refractivity contribution is 0.482. The molecule has 0 amide bonds. The molecule has 0 atom stereocenters. The SMILES string of the molecule is N=Nc1ccc2cccc(N)c2c1O. The predicted molar refractivity (Wildman–Crippen MR) is 54.8 cm³/mol. The van der Waals surface area contributed by atoms with E-state index in [9.17, 15) is 5.11 Å². The summed E-state index contributed by atoms with van der Waals surface area (Å²) in [6.45, 7) is 0. The van der Waals surface area contributed by atoms with Crippen LogP contribution in [0.25, 0.3) is 10.8 Å². The molecule has 2 aromatic carbocycles. The van der Waals surface area contributed by atoms with Crippen molar-refractivity contribution in [3.05, 3.63) is 30.3 Å². The van der Waals surface area contributed by atoms with Crippen LogP contribution in [0.5, 0.6) is 5.75 Å². The third kappa shape index (κ3) is 1.08. The summed E-state index contributed by atoms with van der Waals surface area (Å²) in [7, 11) is 0. The van der Waals surface area contributed by atoms with E-state index in [1.807, 2.05) is 12.1 Å². The Morgan fingerprint density at radius 2 is 2.00 bits per heavy atom. The molecule has 0 aromatic heterocycles. The molecule has 4 N–H and O–H groups in total. The molecule has 0 radical (unpaired) electrons. The minimum atomic E-state index is -0.0319. The van der Waals surface area contributed by atoms with E-state index in [-0.39, 0.29) is 11.4 Å². The summed E-state index contributed by atoms with van der Waals surface area (Å²) in [4.78, 5) is 0. The lowest BCUT2D eigenvalue weighted by Crippen LogP contribution is -1.86. The van der Waals surface area contributed by atoms with Gasteiger partial charge in [-0.1, -0.05) is 18.2 Å². The van der Waals surface area contributed by atoms with Crippen LogP contribution in [0.15, 0.2) is 35.4 Å². The molecule has 0 unspecified atom stereocenters. The van der Waals surface area contributed by atoms with E-state index in [0.717, 1.165) is 5.39 Å². The van der Waals surface area contributed by atoms with Gasteiger partial charge in [-0.15, -0.1) is 0 Å². The van der Waals surface area contributed by atoms with Gasteiger partial charge in [0, 0.05) is 11.1 Å². The van der Waals surface area contributed by atoms with E-state index in [2.05, 4.69) is 5.11 Å². The summed E-state index contributed by atoms with van der Waals surface area (Å²) >= 11 is 0. The quantitative estimate of drug-likeness (QED) is 0.473. The van der Waals surface area contributed by atoms with Crippen molar-refractivity contribution < 1.29 is 5.11 Å². The van der Waals surface area contributed by atoms with Crippen LogP contribution in [-0.4, -0.2) is 5.11 Å². The van der Waals surface area contributed by atoms with Crippen molar-refractivity contribution in [2.24, 2.45) is 5.11 Å². The van der Waals surface area contributed by atoms with Crippen molar-refractivity contribution in [1.29, 1.82) is 5.53 Å². The van der Waals surface area contributed by atoms with E-state index in [4.69, 9.17) is 11.3 Å². The van der Waals surface area contributed by atoms with E-state index < -0.39 is 0 Å². The first-order valence-electron chi connectivity index (χ1n) is 4.11. The largest absolute Gasteiger partial charge is 0.505 e. The van der Waals surface area contributed by atoms with Crippen LogP contribution >= 0.6 is 0 Å². The van der Waals surface area contributed by atoms with Crippen molar-refractivity contribution >= 4 is 22.1 Å². The molecule has 0 aliphatic heterocycles. The van der Waals surface area contributed by atoms with Crippen molar-refractivity contribution in [3.63, 3.8) is 0 Å². The standard InChI is InChI=1S/C10H9N3O/c11-7-3-1-2-6-4-5-8(13-12)10(14)9(6)7/h1-5,12,14H,11H2. The molecule has 0 heterocycles. The first-order valence-corrected chi connectivity index (χ1v) is 4.11. The highest BCUT2D eigenvalue weighted by Gasteiger charge is 2.07. The topological polar surface area (TPSA) is 82.5 Å². The maximum atomic E-state index is 9.74. The second kappa shape index (κ2) is 2.99. The van der Waals surface area contributed by atoms with Crippen LogP contribution in [0.4, 0.5) is 11.4 Å². The van der Waals surface area contributed by atoms with E-state index in [0.29, 0.717) is 11.1 Å². The van der Waals surface area contributed by atoms with Crippen molar-refractivity contribution in [1.82, 2.24) is 0 Å². The number of nitrogen functional groups attached to an aromatic ring is 1. The average molecular weight is 187 g/mol.